The molecule has 25 heavy (non-hydrogen) atoms. The molecule has 0 saturated carbocycles. The number of halogens is 3. The number of hydrogen-bond donors (Lipinski definition) is 2. The van der Waals surface area contributed by atoms with Gasteiger partial charge in [-0.25, -0.2) is 8.42 Å². The van der Waals surface area contributed by atoms with Gasteiger partial charge in [-0.15, -0.1) is 4.83 Å². The van der Waals surface area contributed by atoms with E-state index in [0.717, 1.165) is 6.07 Å². The second-order valence-corrected chi connectivity index (χ2v) is 8.02. The van der Waals surface area contributed by atoms with E-state index in [2.05, 4.69) is 10.3 Å². The molecular weight excluding hydrogens is 413 g/mol. The summed E-state index contributed by atoms with van der Waals surface area (Å²) < 4.78 is 25.1. The molecule has 0 radical (unpaired) electrons. The van der Waals surface area contributed by atoms with Crippen molar-refractivity contribution in [3.8, 4) is 0 Å². The van der Waals surface area contributed by atoms with Crippen LogP contribution in [-0.4, -0.2) is 13.3 Å². The first-order valence-electron chi connectivity index (χ1n) is 6.71. The predicted octanol–water partition coefficient (Wildman–Crippen LogP) is 4.48. The van der Waals surface area contributed by atoms with Crippen molar-refractivity contribution < 1.29 is 13.3 Å². The summed E-state index contributed by atoms with van der Waals surface area (Å²) in [7, 11) is -4.13. The molecule has 2 aromatic carbocycles. The smallest absolute Gasteiger partial charge is 0.271 e. The lowest BCUT2D eigenvalue weighted by Gasteiger charge is -2.14. The minimum absolute atomic E-state index is 0.104. The van der Waals surface area contributed by atoms with E-state index in [1.807, 2.05) is 0 Å². The molecule has 0 aliphatic rings. The highest BCUT2D eigenvalue weighted by Gasteiger charge is 2.23. The molecule has 11 heteroatoms. The van der Waals surface area contributed by atoms with E-state index in [1.54, 1.807) is 13.8 Å². The van der Waals surface area contributed by atoms with E-state index in [0.29, 0.717) is 11.1 Å². The number of nitrogens with zero attached hydrogens (tertiary/aromatic N) is 1. The largest absolute Gasteiger partial charge is 0.305 e. The molecule has 0 spiro atoms. The molecule has 2 aromatic rings. The topological polar surface area (TPSA) is 101 Å². The minimum atomic E-state index is -4.13. The first-order valence-corrected chi connectivity index (χ1v) is 9.32. The van der Waals surface area contributed by atoms with Gasteiger partial charge in [-0.3, -0.25) is 10.1 Å². The van der Waals surface area contributed by atoms with Crippen molar-refractivity contribution in [2.24, 2.45) is 0 Å². The SMILES string of the molecule is Cc1cc([N+](=O)[O-])cc(S(=O)(=O)NNc2c(Cl)cc(Cl)cc2Cl)c1C. The van der Waals surface area contributed by atoms with Crippen LogP contribution < -0.4 is 10.3 Å². The molecular formula is C14H12Cl3N3O4S. The van der Waals surface area contributed by atoms with Crippen LogP contribution in [0.1, 0.15) is 11.1 Å². The highest BCUT2D eigenvalue weighted by molar-refractivity contribution is 7.89. The van der Waals surface area contributed by atoms with Crippen LogP contribution in [0.15, 0.2) is 29.2 Å². The Labute approximate surface area is 159 Å². The van der Waals surface area contributed by atoms with E-state index in [-0.39, 0.29) is 31.3 Å². The van der Waals surface area contributed by atoms with Crippen molar-refractivity contribution in [2.75, 3.05) is 5.43 Å². The maximum absolute atomic E-state index is 12.5. The molecule has 0 aliphatic carbocycles. The maximum Gasteiger partial charge on any atom is 0.271 e. The van der Waals surface area contributed by atoms with Gasteiger partial charge in [0.25, 0.3) is 15.7 Å². The number of rotatable bonds is 5. The molecule has 0 aliphatic heterocycles. The van der Waals surface area contributed by atoms with Crippen molar-refractivity contribution in [1.82, 2.24) is 4.83 Å². The summed E-state index contributed by atoms with van der Waals surface area (Å²) in [5, 5.41) is 11.5. The molecule has 0 amide bonds. The highest BCUT2D eigenvalue weighted by atomic mass is 35.5. The summed E-state index contributed by atoms with van der Waals surface area (Å²) in [5.41, 5.74) is 3.04. The number of nitro benzene ring substituents is 1. The van der Waals surface area contributed by atoms with Crippen molar-refractivity contribution in [2.45, 2.75) is 18.7 Å². The Kier molecular flexibility index (Phi) is 5.80. The number of sulfonamides is 1. The zero-order valence-corrected chi connectivity index (χ0v) is 16.0. The fourth-order valence-corrected chi connectivity index (χ4v) is 4.13. The Balaban J connectivity index is 2.39. The molecule has 7 nitrogen and oxygen atoms in total. The standard InChI is InChI=1S/C14H12Cl3N3O4S/c1-7-3-10(20(21)22)6-13(8(7)2)25(23,24)19-18-14-11(16)4-9(15)5-12(14)17/h3-6,18-19H,1-2H3. The average molecular weight is 425 g/mol. The molecule has 0 atom stereocenters. The first kappa shape index (κ1) is 19.7. The van der Waals surface area contributed by atoms with Crippen LogP contribution >= 0.6 is 34.8 Å². The lowest BCUT2D eigenvalue weighted by molar-refractivity contribution is -0.385. The Morgan fingerprint density at radius 3 is 2.12 bits per heavy atom. The predicted molar refractivity (Wildman–Crippen MR) is 98.0 cm³/mol. The maximum atomic E-state index is 12.5. The molecule has 0 saturated heterocycles. The normalized spacial score (nSPS) is 11.4. The quantitative estimate of drug-likeness (QED) is 0.544. The van der Waals surface area contributed by atoms with Gasteiger partial charge in [-0.1, -0.05) is 34.8 Å². The van der Waals surface area contributed by atoms with Crippen molar-refractivity contribution in [1.29, 1.82) is 0 Å². The van der Waals surface area contributed by atoms with Crippen LogP contribution in [-0.2, 0) is 10.0 Å². The molecule has 0 unspecified atom stereocenters. The van der Waals surface area contributed by atoms with Gasteiger partial charge in [0.15, 0.2) is 0 Å². The zero-order chi connectivity index (χ0) is 18.9. The Morgan fingerprint density at radius 2 is 1.60 bits per heavy atom. The van der Waals surface area contributed by atoms with Gasteiger partial charge in [0.05, 0.1) is 25.6 Å². The molecule has 0 heterocycles. The van der Waals surface area contributed by atoms with Crippen LogP contribution in [0.2, 0.25) is 15.1 Å². The van der Waals surface area contributed by atoms with Crippen LogP contribution in [0.25, 0.3) is 0 Å². The number of hydrazine groups is 1. The van der Waals surface area contributed by atoms with E-state index < -0.39 is 14.9 Å². The van der Waals surface area contributed by atoms with Gasteiger partial charge in [0, 0.05) is 17.2 Å². The number of nitrogens with one attached hydrogen (secondary N) is 2. The number of anilines is 1. The van der Waals surface area contributed by atoms with E-state index in [1.165, 1.54) is 18.2 Å². The fraction of sp³-hybridized carbons (Fsp3) is 0.143. The van der Waals surface area contributed by atoms with Crippen molar-refractivity contribution >= 4 is 56.2 Å². The van der Waals surface area contributed by atoms with Gasteiger partial charge >= 0.3 is 0 Å². The highest BCUT2D eigenvalue weighted by Crippen LogP contribution is 2.33. The Morgan fingerprint density at radius 1 is 1.04 bits per heavy atom. The Hall–Kier alpha value is -1.58. The summed E-state index contributed by atoms with van der Waals surface area (Å²) in [5.74, 6) is 0. The van der Waals surface area contributed by atoms with Crippen LogP contribution in [0, 0.1) is 24.0 Å². The second kappa shape index (κ2) is 7.35. The number of non-ortho nitro benzene ring substituents is 1. The van der Waals surface area contributed by atoms with Crippen LogP contribution in [0.3, 0.4) is 0 Å². The third kappa shape index (κ3) is 4.34. The number of benzene rings is 2. The number of hydrogen-bond acceptors (Lipinski definition) is 5. The summed E-state index contributed by atoms with van der Waals surface area (Å²) >= 11 is 17.7. The first-order chi connectivity index (χ1) is 11.5. The van der Waals surface area contributed by atoms with Gasteiger partial charge in [0.1, 0.15) is 0 Å². The number of nitro groups is 1. The average Bonchev–Trinajstić information content (AvgIpc) is 2.48. The summed E-state index contributed by atoms with van der Waals surface area (Å²) in [4.78, 5) is 12.2. The van der Waals surface area contributed by atoms with Gasteiger partial charge < -0.3 is 5.43 Å². The van der Waals surface area contributed by atoms with E-state index in [4.69, 9.17) is 34.8 Å². The third-order valence-electron chi connectivity index (χ3n) is 3.42. The Bertz CT molecular complexity index is 941. The third-order valence-corrected chi connectivity index (χ3v) is 5.61. The molecule has 0 aromatic heterocycles. The number of aryl methyl sites for hydroxylation is 1. The fourth-order valence-electron chi connectivity index (χ4n) is 2.03. The summed E-state index contributed by atoms with van der Waals surface area (Å²) in [6, 6.07) is 5.05. The van der Waals surface area contributed by atoms with Crippen LogP contribution in [0.5, 0.6) is 0 Å². The monoisotopic (exact) mass is 423 g/mol. The van der Waals surface area contributed by atoms with Gasteiger partial charge in [0.2, 0.25) is 0 Å². The van der Waals surface area contributed by atoms with Crippen LogP contribution in [0.4, 0.5) is 11.4 Å². The van der Waals surface area contributed by atoms with E-state index >= 15 is 0 Å². The molecule has 2 N–H and O–H groups in total. The summed E-state index contributed by atoms with van der Waals surface area (Å²) in [6.07, 6.45) is 0. The van der Waals surface area contributed by atoms with Crippen molar-refractivity contribution in [3.63, 3.8) is 0 Å². The van der Waals surface area contributed by atoms with Gasteiger partial charge in [-0.2, -0.15) is 0 Å². The zero-order valence-electron chi connectivity index (χ0n) is 12.9. The lowest BCUT2D eigenvalue weighted by atomic mass is 10.1. The van der Waals surface area contributed by atoms with Gasteiger partial charge in [-0.05, 0) is 37.1 Å². The summed E-state index contributed by atoms with van der Waals surface area (Å²) in [6.45, 7) is 3.14. The molecule has 134 valence electrons. The molecule has 2 rings (SSSR count). The second-order valence-electron chi connectivity index (χ2n) is 5.12. The molecule has 0 bridgehead atoms. The minimum Gasteiger partial charge on any atom is -0.305 e. The van der Waals surface area contributed by atoms with E-state index in [9.17, 15) is 18.5 Å². The lowest BCUT2D eigenvalue weighted by Crippen LogP contribution is -2.30. The molecule has 0 fully saturated rings. The van der Waals surface area contributed by atoms with Crippen molar-refractivity contribution in [3.05, 3.63) is 60.6 Å².